The Morgan fingerprint density at radius 2 is 1.89 bits per heavy atom. The molecule has 0 aromatic heterocycles. The fourth-order valence-electron chi connectivity index (χ4n) is 1.59. The molecule has 0 atom stereocenters. The van der Waals surface area contributed by atoms with Crippen LogP contribution in [-0.4, -0.2) is 12.4 Å². The number of ether oxygens (including phenoxy) is 1. The zero-order valence-corrected chi connectivity index (χ0v) is 11.9. The third kappa shape index (κ3) is 3.64. The number of rotatable bonds is 4. The van der Waals surface area contributed by atoms with E-state index in [0.717, 1.165) is 10.0 Å². The second-order valence-corrected chi connectivity index (χ2v) is 5.04. The lowest BCUT2D eigenvalue weighted by Crippen LogP contribution is -2.12. The largest absolute Gasteiger partial charge is 0.485 e. The number of hydrogen-bond donors (Lipinski definition) is 0. The number of benzene rings is 2. The molecule has 2 aromatic carbocycles. The fourth-order valence-corrected chi connectivity index (χ4v) is 1.93. The van der Waals surface area contributed by atoms with E-state index in [0.29, 0.717) is 11.3 Å². The number of Topliss-reactive ketones (excluding diaryl/α,β-unsaturated/α-hetero) is 1. The Balaban J connectivity index is 2.04. The Morgan fingerprint density at radius 3 is 2.58 bits per heavy atom. The Labute approximate surface area is 119 Å². The van der Waals surface area contributed by atoms with Gasteiger partial charge >= 0.3 is 0 Å². The molecule has 0 aliphatic carbocycles. The summed E-state index contributed by atoms with van der Waals surface area (Å²) in [6, 6.07) is 11.1. The molecule has 19 heavy (non-hydrogen) atoms. The van der Waals surface area contributed by atoms with Gasteiger partial charge in [0.25, 0.3) is 0 Å². The molecule has 98 valence electrons. The summed E-state index contributed by atoms with van der Waals surface area (Å²) in [6.45, 7) is 1.84. The molecule has 0 N–H and O–H groups in total. The Morgan fingerprint density at radius 1 is 1.21 bits per heavy atom. The number of hydrogen-bond acceptors (Lipinski definition) is 2. The molecule has 0 fully saturated rings. The van der Waals surface area contributed by atoms with Crippen LogP contribution in [0.4, 0.5) is 4.39 Å². The summed E-state index contributed by atoms with van der Waals surface area (Å²) in [5.41, 5.74) is 1.39. The van der Waals surface area contributed by atoms with Crippen molar-refractivity contribution in [2.75, 3.05) is 6.61 Å². The summed E-state index contributed by atoms with van der Waals surface area (Å²) in [7, 11) is 0. The van der Waals surface area contributed by atoms with Gasteiger partial charge in [0.05, 0.1) is 0 Å². The van der Waals surface area contributed by atoms with Gasteiger partial charge in [-0.1, -0.05) is 22.0 Å². The molecule has 0 radical (unpaired) electrons. The highest BCUT2D eigenvalue weighted by Crippen LogP contribution is 2.23. The minimum absolute atomic E-state index is 0.0665. The SMILES string of the molecule is Cc1ccc(Br)cc1OCC(=O)c1ccc(F)cc1. The molecular formula is C15H12BrFO2. The summed E-state index contributed by atoms with van der Waals surface area (Å²) in [6.07, 6.45) is 0. The quantitative estimate of drug-likeness (QED) is 0.790. The van der Waals surface area contributed by atoms with Crippen LogP contribution in [0.25, 0.3) is 0 Å². The van der Waals surface area contributed by atoms with Crippen molar-refractivity contribution in [3.63, 3.8) is 0 Å². The van der Waals surface area contributed by atoms with E-state index in [1.165, 1.54) is 24.3 Å². The molecule has 2 nitrogen and oxygen atoms in total. The van der Waals surface area contributed by atoms with Gasteiger partial charge in [-0.3, -0.25) is 4.79 Å². The van der Waals surface area contributed by atoms with Crippen molar-refractivity contribution in [3.05, 3.63) is 63.9 Å². The molecule has 0 bridgehead atoms. The van der Waals surface area contributed by atoms with Crippen molar-refractivity contribution in [1.82, 2.24) is 0 Å². The molecule has 0 spiro atoms. The molecule has 0 heterocycles. The van der Waals surface area contributed by atoms with Crippen LogP contribution in [0.15, 0.2) is 46.9 Å². The zero-order chi connectivity index (χ0) is 13.8. The number of aryl methyl sites for hydroxylation is 1. The highest BCUT2D eigenvalue weighted by Gasteiger charge is 2.08. The van der Waals surface area contributed by atoms with Gasteiger partial charge in [0.2, 0.25) is 0 Å². The lowest BCUT2D eigenvalue weighted by molar-refractivity contribution is 0.0921. The summed E-state index contributed by atoms with van der Waals surface area (Å²) >= 11 is 3.35. The highest BCUT2D eigenvalue weighted by atomic mass is 79.9. The first-order chi connectivity index (χ1) is 9.06. The van der Waals surface area contributed by atoms with Crippen LogP contribution in [0.5, 0.6) is 5.75 Å². The lowest BCUT2D eigenvalue weighted by atomic mass is 10.1. The van der Waals surface area contributed by atoms with Crippen LogP contribution in [0.2, 0.25) is 0 Å². The van der Waals surface area contributed by atoms with Crippen LogP contribution in [0.1, 0.15) is 15.9 Å². The van der Waals surface area contributed by atoms with Crippen LogP contribution in [-0.2, 0) is 0 Å². The first kappa shape index (κ1) is 13.7. The summed E-state index contributed by atoms with van der Waals surface area (Å²) in [4.78, 5) is 11.9. The normalized spacial score (nSPS) is 10.3. The van der Waals surface area contributed by atoms with Crippen molar-refractivity contribution in [1.29, 1.82) is 0 Å². The summed E-state index contributed by atoms with van der Waals surface area (Å²) < 4.78 is 19.1. The lowest BCUT2D eigenvalue weighted by Gasteiger charge is -2.09. The van der Waals surface area contributed by atoms with Crippen molar-refractivity contribution >= 4 is 21.7 Å². The van der Waals surface area contributed by atoms with Crippen molar-refractivity contribution in [2.24, 2.45) is 0 Å². The molecule has 4 heteroatoms. The maximum atomic E-state index is 12.8. The van der Waals surface area contributed by atoms with E-state index < -0.39 is 0 Å². The number of halogens is 2. The third-order valence-electron chi connectivity index (χ3n) is 2.68. The standard InChI is InChI=1S/C15H12BrFO2/c1-10-2-5-12(16)8-15(10)19-9-14(18)11-3-6-13(17)7-4-11/h2-8H,9H2,1H3. The van der Waals surface area contributed by atoms with Gasteiger partial charge in [0.15, 0.2) is 12.4 Å². The molecule has 2 aromatic rings. The molecule has 0 amide bonds. The van der Waals surface area contributed by atoms with E-state index in [1.54, 1.807) is 0 Å². The van der Waals surface area contributed by atoms with Gasteiger partial charge in [-0.05, 0) is 48.9 Å². The first-order valence-electron chi connectivity index (χ1n) is 5.74. The maximum Gasteiger partial charge on any atom is 0.200 e. The van der Waals surface area contributed by atoms with Gasteiger partial charge in [0.1, 0.15) is 11.6 Å². The van der Waals surface area contributed by atoms with Gasteiger partial charge in [-0.25, -0.2) is 4.39 Å². The monoisotopic (exact) mass is 322 g/mol. The predicted molar refractivity (Wildman–Crippen MR) is 75.1 cm³/mol. The average molecular weight is 323 g/mol. The van der Waals surface area contributed by atoms with Gasteiger partial charge in [-0.15, -0.1) is 0 Å². The second kappa shape index (κ2) is 5.97. The Bertz CT molecular complexity index is 594. The molecule has 0 unspecified atom stereocenters. The number of ketones is 1. The maximum absolute atomic E-state index is 12.8. The van der Waals surface area contributed by atoms with E-state index in [-0.39, 0.29) is 18.2 Å². The van der Waals surface area contributed by atoms with Crippen LogP contribution in [0, 0.1) is 12.7 Å². The molecule has 0 saturated carbocycles. The smallest absolute Gasteiger partial charge is 0.200 e. The minimum Gasteiger partial charge on any atom is -0.485 e. The summed E-state index contributed by atoms with van der Waals surface area (Å²) in [5, 5.41) is 0. The van der Waals surface area contributed by atoms with Crippen molar-refractivity contribution in [3.8, 4) is 5.75 Å². The average Bonchev–Trinajstić information content (AvgIpc) is 2.40. The van der Waals surface area contributed by atoms with E-state index in [1.807, 2.05) is 25.1 Å². The molecule has 0 aliphatic heterocycles. The molecular weight excluding hydrogens is 311 g/mol. The topological polar surface area (TPSA) is 26.3 Å². The van der Waals surface area contributed by atoms with E-state index in [4.69, 9.17) is 4.74 Å². The predicted octanol–water partition coefficient (Wildman–Crippen LogP) is 4.16. The van der Waals surface area contributed by atoms with Gasteiger partial charge < -0.3 is 4.74 Å². The van der Waals surface area contributed by atoms with Crippen molar-refractivity contribution < 1.29 is 13.9 Å². The minimum atomic E-state index is -0.361. The van der Waals surface area contributed by atoms with Crippen LogP contribution < -0.4 is 4.74 Å². The Hall–Kier alpha value is -1.68. The second-order valence-electron chi connectivity index (χ2n) is 4.13. The van der Waals surface area contributed by atoms with Crippen molar-refractivity contribution in [2.45, 2.75) is 6.92 Å². The fraction of sp³-hybridized carbons (Fsp3) is 0.133. The number of carbonyl (C=O) groups excluding carboxylic acids is 1. The van der Waals surface area contributed by atoms with E-state index in [2.05, 4.69) is 15.9 Å². The first-order valence-corrected chi connectivity index (χ1v) is 6.53. The molecule has 0 saturated heterocycles. The zero-order valence-electron chi connectivity index (χ0n) is 10.3. The van der Waals surface area contributed by atoms with Crippen LogP contribution in [0.3, 0.4) is 0 Å². The van der Waals surface area contributed by atoms with Gasteiger partial charge in [-0.2, -0.15) is 0 Å². The van der Waals surface area contributed by atoms with E-state index in [9.17, 15) is 9.18 Å². The van der Waals surface area contributed by atoms with Crippen LogP contribution >= 0.6 is 15.9 Å². The Kier molecular flexibility index (Phi) is 4.32. The molecule has 0 aliphatic rings. The highest BCUT2D eigenvalue weighted by molar-refractivity contribution is 9.10. The third-order valence-corrected chi connectivity index (χ3v) is 3.17. The number of carbonyl (C=O) groups is 1. The summed E-state index contributed by atoms with van der Waals surface area (Å²) in [5.74, 6) is 0.115. The van der Waals surface area contributed by atoms with E-state index >= 15 is 0 Å². The molecule has 2 rings (SSSR count). The van der Waals surface area contributed by atoms with Gasteiger partial charge in [0, 0.05) is 10.0 Å².